The van der Waals surface area contributed by atoms with Gasteiger partial charge in [0.1, 0.15) is 5.54 Å². The van der Waals surface area contributed by atoms with E-state index in [2.05, 4.69) is 10.3 Å². The molecule has 0 radical (unpaired) electrons. The number of hydrogen-bond acceptors (Lipinski definition) is 4. The number of aromatic nitrogens is 1. The maximum atomic E-state index is 13.2. The summed E-state index contributed by atoms with van der Waals surface area (Å²) in [4.78, 5) is 54.3. The topological polar surface area (TPSA) is 99.3 Å². The number of aromatic amines is 1. The van der Waals surface area contributed by atoms with E-state index in [0.29, 0.717) is 36.1 Å². The SMILES string of the molecule is CC(=O)c1c(C)[nH]c(C(=O)CN2C(=O)N[C@]3(CCc4ccccc4C3)C2=O)c1C. The number of nitrogens with one attached hydrogen (secondary N) is 2. The number of carbonyl (C=O) groups is 4. The molecule has 1 spiro atoms. The van der Waals surface area contributed by atoms with Crippen LogP contribution in [0.4, 0.5) is 4.79 Å². The van der Waals surface area contributed by atoms with Crippen LogP contribution in [0.5, 0.6) is 0 Å². The number of nitrogens with zero attached hydrogens (tertiary/aromatic N) is 1. The highest BCUT2D eigenvalue weighted by atomic mass is 16.2. The van der Waals surface area contributed by atoms with E-state index in [0.717, 1.165) is 10.5 Å². The molecule has 0 unspecified atom stereocenters. The second-order valence-corrected chi connectivity index (χ2v) is 7.95. The molecule has 1 aromatic heterocycles. The van der Waals surface area contributed by atoms with E-state index in [4.69, 9.17) is 0 Å². The molecule has 7 heteroatoms. The van der Waals surface area contributed by atoms with Gasteiger partial charge >= 0.3 is 6.03 Å². The zero-order valence-corrected chi connectivity index (χ0v) is 16.7. The smallest absolute Gasteiger partial charge is 0.325 e. The Balaban J connectivity index is 1.57. The summed E-state index contributed by atoms with van der Waals surface area (Å²) < 4.78 is 0. The molecule has 2 heterocycles. The Morgan fingerprint density at radius 3 is 2.48 bits per heavy atom. The summed E-state index contributed by atoms with van der Waals surface area (Å²) in [5.41, 5.74) is 3.14. The van der Waals surface area contributed by atoms with Crippen LogP contribution in [0.15, 0.2) is 24.3 Å². The lowest BCUT2D eigenvalue weighted by molar-refractivity contribution is -0.131. The lowest BCUT2D eigenvalue weighted by Gasteiger charge is -2.32. The molecule has 4 rings (SSSR count). The van der Waals surface area contributed by atoms with Crippen LogP contribution < -0.4 is 5.32 Å². The van der Waals surface area contributed by atoms with E-state index in [-0.39, 0.29) is 23.9 Å². The summed E-state index contributed by atoms with van der Waals surface area (Å²) in [6, 6.07) is 7.34. The van der Waals surface area contributed by atoms with E-state index in [1.165, 1.54) is 12.5 Å². The van der Waals surface area contributed by atoms with Crippen molar-refractivity contribution in [1.82, 2.24) is 15.2 Å². The number of imide groups is 1. The molecular weight excluding hydrogens is 370 g/mol. The van der Waals surface area contributed by atoms with Crippen LogP contribution in [0.1, 0.15) is 56.6 Å². The van der Waals surface area contributed by atoms with Gasteiger partial charge in [-0.25, -0.2) is 4.79 Å². The maximum Gasteiger partial charge on any atom is 0.325 e. The molecule has 1 aliphatic carbocycles. The number of amides is 3. The van der Waals surface area contributed by atoms with E-state index in [1.807, 2.05) is 24.3 Å². The normalized spacial score (nSPS) is 20.7. The first-order chi connectivity index (χ1) is 13.7. The average Bonchev–Trinajstić information content (AvgIpc) is 3.09. The lowest BCUT2D eigenvalue weighted by atomic mass is 9.78. The van der Waals surface area contributed by atoms with Gasteiger partial charge in [0.2, 0.25) is 0 Å². The Hall–Kier alpha value is -3.22. The quantitative estimate of drug-likeness (QED) is 0.616. The molecule has 0 saturated carbocycles. The largest absolute Gasteiger partial charge is 0.355 e. The molecule has 1 aromatic carbocycles. The van der Waals surface area contributed by atoms with Gasteiger partial charge in [0.25, 0.3) is 5.91 Å². The zero-order chi connectivity index (χ0) is 20.9. The van der Waals surface area contributed by atoms with Gasteiger partial charge in [-0.2, -0.15) is 0 Å². The number of rotatable bonds is 4. The summed E-state index contributed by atoms with van der Waals surface area (Å²) in [6.45, 7) is 4.51. The third kappa shape index (κ3) is 2.97. The van der Waals surface area contributed by atoms with Gasteiger partial charge in [-0.15, -0.1) is 0 Å². The fourth-order valence-corrected chi connectivity index (χ4v) is 4.62. The monoisotopic (exact) mass is 393 g/mol. The van der Waals surface area contributed by atoms with Crippen molar-refractivity contribution in [3.05, 3.63) is 57.9 Å². The average molecular weight is 393 g/mol. The van der Waals surface area contributed by atoms with Crippen LogP contribution in [0.2, 0.25) is 0 Å². The molecule has 1 aliphatic heterocycles. The van der Waals surface area contributed by atoms with E-state index >= 15 is 0 Å². The van der Waals surface area contributed by atoms with Crippen molar-refractivity contribution in [3.63, 3.8) is 0 Å². The van der Waals surface area contributed by atoms with Gasteiger partial charge in [-0.3, -0.25) is 19.3 Å². The minimum Gasteiger partial charge on any atom is -0.355 e. The Morgan fingerprint density at radius 1 is 1.14 bits per heavy atom. The van der Waals surface area contributed by atoms with Crippen molar-refractivity contribution in [3.8, 4) is 0 Å². The number of carbonyl (C=O) groups excluding carboxylic acids is 4. The van der Waals surface area contributed by atoms with E-state index < -0.39 is 17.4 Å². The van der Waals surface area contributed by atoms with E-state index in [9.17, 15) is 19.2 Å². The van der Waals surface area contributed by atoms with Crippen LogP contribution in [0, 0.1) is 13.8 Å². The molecule has 2 aliphatic rings. The summed E-state index contributed by atoms with van der Waals surface area (Å²) >= 11 is 0. The molecular formula is C22H23N3O4. The Labute approximate surface area is 168 Å². The number of urea groups is 1. The Kier molecular flexibility index (Phi) is 4.41. The molecule has 1 saturated heterocycles. The summed E-state index contributed by atoms with van der Waals surface area (Å²) in [7, 11) is 0. The number of H-pyrrole nitrogens is 1. The first-order valence-corrected chi connectivity index (χ1v) is 9.68. The zero-order valence-electron chi connectivity index (χ0n) is 16.7. The van der Waals surface area contributed by atoms with Gasteiger partial charge in [0.05, 0.1) is 12.2 Å². The highest BCUT2D eigenvalue weighted by molar-refractivity contribution is 6.12. The number of benzene rings is 1. The van der Waals surface area contributed by atoms with Crippen LogP contribution in [-0.4, -0.2) is 45.5 Å². The van der Waals surface area contributed by atoms with Gasteiger partial charge in [0, 0.05) is 17.7 Å². The summed E-state index contributed by atoms with van der Waals surface area (Å²) in [5, 5.41) is 2.84. The number of ketones is 2. The lowest BCUT2D eigenvalue weighted by Crippen LogP contribution is -2.51. The van der Waals surface area contributed by atoms with Crippen LogP contribution in [0.3, 0.4) is 0 Å². The molecule has 3 amide bonds. The highest BCUT2D eigenvalue weighted by Crippen LogP contribution is 2.33. The summed E-state index contributed by atoms with van der Waals surface area (Å²) in [5.74, 6) is -0.891. The molecule has 150 valence electrons. The van der Waals surface area contributed by atoms with E-state index in [1.54, 1.807) is 13.8 Å². The van der Waals surface area contributed by atoms with Crippen molar-refractivity contribution >= 4 is 23.5 Å². The third-order valence-electron chi connectivity index (χ3n) is 6.05. The Morgan fingerprint density at radius 2 is 1.83 bits per heavy atom. The summed E-state index contributed by atoms with van der Waals surface area (Å²) in [6.07, 6.45) is 1.63. The van der Waals surface area contributed by atoms with Crippen LogP contribution in [0.25, 0.3) is 0 Å². The molecule has 0 bridgehead atoms. The standard InChI is InChI=1S/C22H23N3O4/c1-12-18(14(3)26)13(2)23-19(12)17(27)11-25-20(28)22(24-21(25)29)9-8-15-6-4-5-7-16(15)10-22/h4-7,23H,8-11H2,1-3H3,(H,24,29)/t22-/m0/s1. The highest BCUT2D eigenvalue weighted by Gasteiger charge is 2.52. The maximum absolute atomic E-state index is 13.2. The van der Waals surface area contributed by atoms with Gasteiger partial charge in [-0.05, 0) is 50.3 Å². The number of Topliss-reactive ketones (excluding diaryl/α,β-unsaturated/α-hetero) is 2. The first kappa shape index (κ1) is 19.1. The molecule has 2 N–H and O–H groups in total. The predicted molar refractivity (Wildman–Crippen MR) is 106 cm³/mol. The van der Waals surface area contributed by atoms with Crippen molar-refractivity contribution in [1.29, 1.82) is 0 Å². The van der Waals surface area contributed by atoms with Crippen molar-refractivity contribution < 1.29 is 19.2 Å². The van der Waals surface area contributed by atoms with Gasteiger partial charge < -0.3 is 10.3 Å². The minimum absolute atomic E-state index is 0.134. The first-order valence-electron chi connectivity index (χ1n) is 9.68. The minimum atomic E-state index is -0.989. The molecule has 2 aromatic rings. The molecule has 29 heavy (non-hydrogen) atoms. The molecule has 1 atom stereocenters. The van der Waals surface area contributed by atoms with Gasteiger partial charge in [-0.1, -0.05) is 24.3 Å². The third-order valence-corrected chi connectivity index (χ3v) is 6.05. The van der Waals surface area contributed by atoms with Crippen molar-refractivity contribution in [2.24, 2.45) is 0 Å². The van der Waals surface area contributed by atoms with Crippen LogP contribution >= 0.6 is 0 Å². The molecule has 7 nitrogen and oxygen atoms in total. The molecule has 1 fully saturated rings. The fraction of sp³-hybridized carbons (Fsp3) is 0.364. The van der Waals surface area contributed by atoms with Gasteiger partial charge in [0.15, 0.2) is 11.6 Å². The predicted octanol–water partition coefficient (Wildman–Crippen LogP) is 2.50. The number of aryl methyl sites for hydroxylation is 2. The Bertz CT molecular complexity index is 1070. The number of fused-ring (bicyclic) bond motifs is 1. The fourth-order valence-electron chi connectivity index (χ4n) is 4.62. The second-order valence-electron chi connectivity index (χ2n) is 7.95. The van der Waals surface area contributed by atoms with Crippen molar-refractivity contribution in [2.75, 3.05) is 6.54 Å². The second kappa shape index (κ2) is 6.69. The van der Waals surface area contributed by atoms with Crippen LogP contribution in [-0.2, 0) is 17.6 Å². The van der Waals surface area contributed by atoms with Crippen molar-refractivity contribution in [2.45, 2.75) is 45.6 Å². The number of hydrogen-bond donors (Lipinski definition) is 2.